The molecule has 0 unspecified atom stereocenters. The van der Waals surface area contributed by atoms with Crippen molar-refractivity contribution in [3.63, 3.8) is 0 Å². The number of fused-ring (bicyclic) bond motifs is 1. The van der Waals surface area contributed by atoms with Gasteiger partial charge in [0.2, 0.25) is 0 Å². The van der Waals surface area contributed by atoms with Gasteiger partial charge in [0.25, 0.3) is 0 Å². The van der Waals surface area contributed by atoms with Crippen LogP contribution in [0.25, 0.3) is 0 Å². The summed E-state index contributed by atoms with van der Waals surface area (Å²) in [4.78, 5) is 15.2. The van der Waals surface area contributed by atoms with Crippen molar-refractivity contribution in [3.8, 4) is 5.75 Å². The lowest BCUT2D eigenvalue weighted by Gasteiger charge is -2.33. The number of aromatic nitrogens is 1. The molecular formula is C19H19Cl2NO5S. The molecule has 4 rings (SSSR count). The van der Waals surface area contributed by atoms with E-state index < -0.39 is 12.1 Å². The molecule has 0 bridgehead atoms. The fourth-order valence-corrected chi connectivity index (χ4v) is 5.19. The molecule has 1 saturated carbocycles. The predicted octanol–water partition coefficient (Wildman–Crippen LogP) is 4.44. The van der Waals surface area contributed by atoms with Gasteiger partial charge in [-0.3, -0.25) is 0 Å². The van der Waals surface area contributed by atoms with Gasteiger partial charge in [-0.05, 0) is 30.9 Å². The van der Waals surface area contributed by atoms with Crippen molar-refractivity contribution in [2.75, 3.05) is 6.61 Å². The molecule has 150 valence electrons. The van der Waals surface area contributed by atoms with Crippen LogP contribution in [-0.4, -0.2) is 40.0 Å². The Morgan fingerprint density at radius 3 is 2.86 bits per heavy atom. The Morgan fingerprint density at radius 2 is 2.14 bits per heavy atom. The highest BCUT2D eigenvalue weighted by Crippen LogP contribution is 2.46. The normalized spacial score (nSPS) is 29.5. The van der Waals surface area contributed by atoms with E-state index in [0.29, 0.717) is 33.8 Å². The molecule has 28 heavy (non-hydrogen) atoms. The SMILES string of the molecule is O=C(O)c1csc([C@H]2CC[C@@H]3[C@@H](COc4ccc(Cl)c(Cl)c4)[C@H](O)C[C@@H]3O2)n1. The van der Waals surface area contributed by atoms with E-state index in [1.54, 1.807) is 18.2 Å². The van der Waals surface area contributed by atoms with Gasteiger partial charge in [0.1, 0.15) is 16.9 Å². The number of hydrogen-bond acceptors (Lipinski definition) is 6. The van der Waals surface area contributed by atoms with Crippen molar-refractivity contribution in [1.29, 1.82) is 0 Å². The van der Waals surface area contributed by atoms with E-state index in [1.165, 1.54) is 16.7 Å². The number of aromatic carboxylic acids is 1. The van der Waals surface area contributed by atoms with Crippen LogP contribution in [0.4, 0.5) is 0 Å². The number of aliphatic hydroxyl groups is 1. The van der Waals surface area contributed by atoms with Gasteiger partial charge >= 0.3 is 5.97 Å². The predicted molar refractivity (Wildman–Crippen MR) is 105 cm³/mol. The third-order valence-electron chi connectivity index (χ3n) is 5.45. The van der Waals surface area contributed by atoms with Crippen LogP contribution in [0.3, 0.4) is 0 Å². The molecule has 6 nitrogen and oxygen atoms in total. The number of aliphatic hydroxyl groups excluding tert-OH is 1. The van der Waals surface area contributed by atoms with Crippen molar-refractivity contribution in [2.45, 2.75) is 37.6 Å². The average Bonchev–Trinajstić information content (AvgIpc) is 3.27. The highest BCUT2D eigenvalue weighted by Gasteiger charge is 2.47. The molecule has 0 spiro atoms. The van der Waals surface area contributed by atoms with Crippen molar-refractivity contribution in [1.82, 2.24) is 4.98 Å². The maximum atomic E-state index is 11.0. The third-order valence-corrected chi connectivity index (χ3v) is 7.12. The molecule has 1 aromatic heterocycles. The minimum absolute atomic E-state index is 0.0359. The van der Waals surface area contributed by atoms with Crippen LogP contribution >= 0.6 is 34.5 Å². The minimum atomic E-state index is -1.04. The third kappa shape index (κ3) is 4.00. The van der Waals surface area contributed by atoms with Crippen LogP contribution in [0.5, 0.6) is 5.75 Å². The molecule has 2 aromatic rings. The summed E-state index contributed by atoms with van der Waals surface area (Å²) in [6, 6.07) is 5.10. The molecule has 1 aliphatic carbocycles. The van der Waals surface area contributed by atoms with Crippen LogP contribution in [0.1, 0.15) is 40.9 Å². The van der Waals surface area contributed by atoms with Gasteiger partial charge in [-0.2, -0.15) is 0 Å². The van der Waals surface area contributed by atoms with Gasteiger partial charge in [-0.25, -0.2) is 9.78 Å². The first-order chi connectivity index (χ1) is 13.4. The largest absolute Gasteiger partial charge is 0.493 e. The Bertz CT molecular complexity index is 876. The molecule has 9 heteroatoms. The highest BCUT2D eigenvalue weighted by molar-refractivity contribution is 7.09. The van der Waals surface area contributed by atoms with E-state index in [-0.39, 0.29) is 29.7 Å². The Morgan fingerprint density at radius 1 is 1.32 bits per heavy atom. The Hall–Kier alpha value is -1.38. The first-order valence-corrected chi connectivity index (χ1v) is 10.7. The second-order valence-electron chi connectivity index (χ2n) is 7.13. The summed E-state index contributed by atoms with van der Waals surface area (Å²) in [7, 11) is 0. The zero-order valence-corrected chi connectivity index (χ0v) is 17.1. The number of benzene rings is 1. The molecule has 1 aliphatic heterocycles. The fraction of sp³-hybridized carbons (Fsp3) is 0.474. The first kappa shape index (κ1) is 19.9. The second kappa shape index (κ2) is 8.16. The van der Waals surface area contributed by atoms with Gasteiger partial charge < -0.3 is 19.7 Å². The number of hydrogen-bond donors (Lipinski definition) is 2. The number of carboxylic acids is 1. The van der Waals surface area contributed by atoms with E-state index in [1.807, 2.05) is 0 Å². The summed E-state index contributed by atoms with van der Waals surface area (Å²) >= 11 is 13.2. The lowest BCUT2D eigenvalue weighted by Crippen LogP contribution is -2.33. The molecule has 2 fully saturated rings. The number of nitrogens with zero attached hydrogens (tertiary/aromatic N) is 1. The number of carbonyl (C=O) groups is 1. The topological polar surface area (TPSA) is 88.9 Å². The molecule has 0 radical (unpaired) electrons. The average molecular weight is 444 g/mol. The summed E-state index contributed by atoms with van der Waals surface area (Å²) < 4.78 is 12.0. The zero-order chi connectivity index (χ0) is 19.8. The van der Waals surface area contributed by atoms with Crippen molar-refractivity contribution in [3.05, 3.63) is 44.3 Å². The molecule has 0 amide bonds. The standard InChI is InChI=1S/C19H19Cl2NO5S/c20-12-3-1-9(5-13(12)21)26-7-11-10-2-4-16(27-17(10)6-15(11)23)18-22-14(8-28-18)19(24)25/h1,3,5,8,10-11,15-17,23H,2,4,6-7H2,(H,24,25)/t10-,11-,15-,16-,17+/m1/s1. The maximum Gasteiger partial charge on any atom is 0.355 e. The lowest BCUT2D eigenvalue weighted by molar-refractivity contribution is -0.0811. The summed E-state index contributed by atoms with van der Waals surface area (Å²) in [5, 5.41) is 22.7. The van der Waals surface area contributed by atoms with Gasteiger partial charge in [-0.1, -0.05) is 23.2 Å². The lowest BCUT2D eigenvalue weighted by atomic mass is 9.87. The number of ether oxygens (including phenoxy) is 2. The van der Waals surface area contributed by atoms with E-state index in [4.69, 9.17) is 37.8 Å². The number of halogens is 2. The molecule has 5 atom stereocenters. The summed E-state index contributed by atoms with van der Waals surface area (Å²) in [6.07, 6.45) is 1.32. The van der Waals surface area contributed by atoms with Gasteiger partial charge in [-0.15, -0.1) is 11.3 Å². The van der Waals surface area contributed by atoms with Gasteiger partial charge in [0, 0.05) is 23.8 Å². The minimum Gasteiger partial charge on any atom is -0.493 e. The molecule has 2 N–H and O–H groups in total. The smallest absolute Gasteiger partial charge is 0.355 e. The van der Waals surface area contributed by atoms with Crippen LogP contribution in [0, 0.1) is 11.8 Å². The van der Waals surface area contributed by atoms with Crippen LogP contribution in [0.15, 0.2) is 23.6 Å². The van der Waals surface area contributed by atoms with Crippen LogP contribution in [0.2, 0.25) is 10.0 Å². The fourth-order valence-electron chi connectivity index (χ4n) is 4.04. The Balaban J connectivity index is 1.39. The van der Waals surface area contributed by atoms with E-state index in [0.717, 1.165) is 12.8 Å². The van der Waals surface area contributed by atoms with Crippen molar-refractivity contribution >= 4 is 40.5 Å². The molecule has 1 aromatic carbocycles. The van der Waals surface area contributed by atoms with Crippen molar-refractivity contribution < 1.29 is 24.5 Å². The molecule has 2 aliphatic rings. The number of thiazole rings is 1. The van der Waals surface area contributed by atoms with E-state index in [9.17, 15) is 9.90 Å². The quantitative estimate of drug-likeness (QED) is 0.709. The monoisotopic (exact) mass is 443 g/mol. The molecular weight excluding hydrogens is 425 g/mol. The number of rotatable bonds is 5. The molecule has 2 heterocycles. The molecule has 1 saturated heterocycles. The summed E-state index contributed by atoms with van der Waals surface area (Å²) in [5.41, 5.74) is 0.0464. The van der Waals surface area contributed by atoms with E-state index in [2.05, 4.69) is 4.98 Å². The first-order valence-electron chi connectivity index (χ1n) is 9.02. The van der Waals surface area contributed by atoms with Gasteiger partial charge in [0.05, 0.1) is 28.9 Å². The maximum absolute atomic E-state index is 11.0. The zero-order valence-electron chi connectivity index (χ0n) is 14.8. The Labute approximate surface area is 176 Å². The Kier molecular flexibility index (Phi) is 5.81. The highest BCUT2D eigenvalue weighted by atomic mass is 35.5. The summed E-state index contributed by atoms with van der Waals surface area (Å²) in [6.45, 7) is 0.370. The van der Waals surface area contributed by atoms with Gasteiger partial charge in [0.15, 0.2) is 5.69 Å². The summed E-state index contributed by atoms with van der Waals surface area (Å²) in [5.74, 6) is -0.269. The van der Waals surface area contributed by atoms with E-state index >= 15 is 0 Å². The van der Waals surface area contributed by atoms with Crippen LogP contribution < -0.4 is 4.74 Å². The second-order valence-corrected chi connectivity index (χ2v) is 8.84. The van der Waals surface area contributed by atoms with Crippen molar-refractivity contribution in [2.24, 2.45) is 11.8 Å². The van der Waals surface area contributed by atoms with Crippen LogP contribution in [-0.2, 0) is 4.74 Å². The number of carboxylic acid groups (broad SMARTS) is 1.